The van der Waals surface area contributed by atoms with Crippen LogP contribution in [0.25, 0.3) is 17.3 Å². The molecule has 5 fully saturated rings. The van der Waals surface area contributed by atoms with Gasteiger partial charge < -0.3 is 24.7 Å². The van der Waals surface area contributed by atoms with Crippen molar-refractivity contribution in [3.63, 3.8) is 0 Å². The van der Waals surface area contributed by atoms with E-state index < -0.39 is 10.8 Å². The molecule has 10 nitrogen and oxygen atoms in total. The van der Waals surface area contributed by atoms with Gasteiger partial charge in [0.15, 0.2) is 5.78 Å². The van der Waals surface area contributed by atoms with Crippen molar-refractivity contribution in [1.29, 1.82) is 0 Å². The normalized spacial score (nSPS) is 31.8. The number of imidazole rings is 1. The summed E-state index contributed by atoms with van der Waals surface area (Å²) in [6, 6.07) is 33.5. The minimum atomic E-state index is -0.775. The van der Waals surface area contributed by atoms with Crippen LogP contribution in [-0.2, 0) is 36.0 Å². The van der Waals surface area contributed by atoms with Gasteiger partial charge in [-0.15, -0.1) is 0 Å². The monoisotopic (exact) mass is 1010 g/mol. The Kier molecular flexibility index (Phi) is 15.0. The van der Waals surface area contributed by atoms with E-state index in [0.717, 1.165) is 90.7 Å². The number of carbonyl (C=O) groups excluding carboxylic acids is 1. The van der Waals surface area contributed by atoms with E-state index in [-0.39, 0.29) is 60.3 Å². The average molecular weight is 1010 g/mol. The fourth-order valence-electron chi connectivity index (χ4n) is 14.8. The van der Waals surface area contributed by atoms with Crippen molar-refractivity contribution in [3.05, 3.63) is 142 Å². The Labute approximate surface area is 438 Å². The molecule has 7 unspecified atom stereocenters. The Balaban J connectivity index is 1.08. The molecule has 1 aromatic heterocycles. The fraction of sp³-hybridized carbons (Fsp3) is 0.500. The number of likely N-dealkylation sites (tertiary alicyclic amines) is 2. The van der Waals surface area contributed by atoms with Gasteiger partial charge in [-0.05, 0) is 138 Å². The number of ketones is 1. The van der Waals surface area contributed by atoms with Gasteiger partial charge in [0.25, 0.3) is 0 Å². The molecule has 12 heteroatoms. The number of piperidine rings is 1. The van der Waals surface area contributed by atoms with E-state index in [1.54, 1.807) is 7.11 Å². The Morgan fingerprint density at radius 1 is 0.861 bits per heavy atom. The van der Waals surface area contributed by atoms with Crippen LogP contribution in [0.2, 0.25) is 10.0 Å². The lowest BCUT2D eigenvalue weighted by Crippen LogP contribution is -2.73. The lowest BCUT2D eigenvalue weighted by atomic mass is 9.54. The molecule has 5 heterocycles. The molecule has 5 aromatic rings. The topological polar surface area (TPSA) is 87.1 Å². The number of hydrogen-bond acceptors (Lipinski definition) is 9. The number of hydrogen-bond donors (Lipinski definition) is 2. The second-order valence-electron chi connectivity index (χ2n) is 21.9. The van der Waals surface area contributed by atoms with Gasteiger partial charge in [-0.2, -0.15) is 0 Å². The van der Waals surface area contributed by atoms with Crippen LogP contribution in [-0.4, -0.2) is 119 Å². The number of ether oxygens (including phenoxy) is 2. The molecule has 0 radical (unpaired) electrons. The number of Topliss-reactive ketones (excluding diaryl/α,β-unsaturated/α-hetero) is 1. The van der Waals surface area contributed by atoms with Gasteiger partial charge in [0, 0.05) is 103 Å². The summed E-state index contributed by atoms with van der Waals surface area (Å²) in [6.07, 6.45) is 12.6. The van der Waals surface area contributed by atoms with E-state index in [1.807, 2.05) is 42.6 Å². The van der Waals surface area contributed by atoms with Gasteiger partial charge in [0.2, 0.25) is 0 Å². The summed E-state index contributed by atoms with van der Waals surface area (Å²) in [6.45, 7) is 11.1. The first-order chi connectivity index (χ1) is 34.8. The fourth-order valence-corrected chi connectivity index (χ4v) is 15.0. The molecule has 1 saturated carbocycles. The van der Waals surface area contributed by atoms with Gasteiger partial charge in [0.1, 0.15) is 17.3 Å². The van der Waals surface area contributed by atoms with Gasteiger partial charge in [-0.3, -0.25) is 19.5 Å². The minimum absolute atomic E-state index is 0.000116. The van der Waals surface area contributed by atoms with Crippen LogP contribution in [0.5, 0.6) is 11.5 Å². The van der Waals surface area contributed by atoms with Crippen molar-refractivity contribution < 1.29 is 14.3 Å². The van der Waals surface area contributed by atoms with E-state index in [1.165, 1.54) is 11.1 Å². The number of nitrogens with zero attached hydrogens (tertiary/aromatic N) is 5. The van der Waals surface area contributed by atoms with E-state index in [2.05, 4.69) is 152 Å². The van der Waals surface area contributed by atoms with Crippen molar-refractivity contribution in [2.24, 2.45) is 23.8 Å². The Bertz CT molecular complexity index is 2720. The van der Waals surface area contributed by atoms with Crippen molar-refractivity contribution in [2.75, 3.05) is 34.4 Å². The summed E-state index contributed by atoms with van der Waals surface area (Å²) in [5.41, 5.74) is 4.23. The van der Waals surface area contributed by atoms with Crippen LogP contribution in [0.4, 0.5) is 0 Å². The zero-order valence-corrected chi connectivity index (χ0v) is 45.0. The maximum Gasteiger partial charge on any atom is 0.153 e. The molecule has 10 rings (SSSR count). The van der Waals surface area contributed by atoms with E-state index in [4.69, 9.17) is 37.7 Å². The number of likely N-dealkylation sites (N-methyl/N-ethyl adjacent to an activating group) is 2. The second-order valence-corrected chi connectivity index (χ2v) is 22.7. The number of carbonyl (C=O) groups is 1. The molecule has 2 N–H and O–H groups in total. The molecule has 4 saturated heterocycles. The Morgan fingerprint density at radius 2 is 1.60 bits per heavy atom. The van der Waals surface area contributed by atoms with Crippen LogP contribution in [0.1, 0.15) is 82.3 Å². The first-order valence-electron chi connectivity index (χ1n) is 26.6. The van der Waals surface area contributed by atoms with E-state index in [0.29, 0.717) is 24.0 Å². The molecular weight excluding hydrogens is 938 g/mol. The smallest absolute Gasteiger partial charge is 0.153 e. The third-order valence-electron chi connectivity index (χ3n) is 18.2. The molecule has 4 aliphatic heterocycles. The maximum atomic E-state index is 17.5. The standard InChI is InChI=1S/C60H75Cl2N7O3/c1-9-11-13-18-54-64-35-50(68(54)7)42-22-27-48(28-23-42)72-51-32-46(62)26-21-43(51)36-69-39(4)55-60-52(33-47(30-41-19-24-45(61)25-20-41)67(6)57(60)49(65-55)37-71-8)63-34-38(3)66(5)56-44(29-40-16-14-12-15-17-40)31-53(69)59(56,10-2)58(60)70/h12-28,32,35,38-39,44,47,49,52-53,55-57,63,65H,9-11,29-31,33-34,36-37H2,1-8H3/b18-13+/t38-,39-,44+,47-,49+,52?,53?,55?,56?,57?,59?,60?/m0/s1. The molecular formula is C60H75Cl2N7O3. The second kappa shape index (κ2) is 21.1. The number of allylic oxidation sites excluding steroid dienone is 1. The zero-order chi connectivity index (χ0) is 50.5. The first kappa shape index (κ1) is 51.1. The van der Waals surface area contributed by atoms with Gasteiger partial charge in [-0.25, -0.2) is 4.98 Å². The van der Waals surface area contributed by atoms with Gasteiger partial charge in [-0.1, -0.05) is 98.1 Å². The Morgan fingerprint density at radius 3 is 2.32 bits per heavy atom. The number of aromatic nitrogens is 2. The number of rotatable bonds is 15. The first-order valence-corrected chi connectivity index (χ1v) is 27.4. The highest BCUT2D eigenvalue weighted by Crippen LogP contribution is 2.63. The molecule has 5 aliphatic rings. The van der Waals surface area contributed by atoms with Crippen LogP contribution in [0.15, 0.2) is 109 Å². The number of nitrogens with one attached hydrogen (secondary N) is 2. The zero-order valence-electron chi connectivity index (χ0n) is 43.5. The summed E-state index contributed by atoms with van der Waals surface area (Å²) in [5.74, 6) is 3.04. The molecule has 72 heavy (non-hydrogen) atoms. The molecule has 12 atom stereocenters. The molecule has 382 valence electrons. The lowest BCUT2D eigenvalue weighted by molar-refractivity contribution is -0.154. The third kappa shape index (κ3) is 8.89. The van der Waals surface area contributed by atoms with Crippen LogP contribution >= 0.6 is 23.2 Å². The SMILES string of the molecule is CCC/C=C/c1ncc(-c2ccc(Oc3cc(Cl)ccc3CN3C4C[C@@H](Cc5ccccc5)C5N(C)[C@@H](C)CNC6C[C@H](Cc7ccc(Cl)cc7)N(C)C7[C@@H](COC)NC([C@@H]3C)C67C(=O)C54CC)cc2)n1C. The van der Waals surface area contributed by atoms with Crippen LogP contribution in [0, 0.1) is 16.7 Å². The molecule has 1 spiro atoms. The van der Waals surface area contributed by atoms with Crippen LogP contribution in [0.3, 0.4) is 0 Å². The van der Waals surface area contributed by atoms with E-state index in [9.17, 15) is 0 Å². The quantitative estimate of drug-likeness (QED) is 0.106. The molecule has 4 aromatic carbocycles. The van der Waals surface area contributed by atoms with Crippen molar-refractivity contribution in [2.45, 2.75) is 134 Å². The summed E-state index contributed by atoms with van der Waals surface area (Å²) in [5, 5.41) is 9.83. The average Bonchev–Trinajstić information content (AvgIpc) is 4.03. The largest absolute Gasteiger partial charge is 0.457 e. The van der Waals surface area contributed by atoms with Gasteiger partial charge in [0.05, 0.1) is 29.3 Å². The minimum Gasteiger partial charge on any atom is -0.457 e. The number of benzene rings is 4. The van der Waals surface area contributed by atoms with Crippen LogP contribution < -0.4 is 15.4 Å². The van der Waals surface area contributed by atoms with Gasteiger partial charge >= 0.3 is 0 Å². The van der Waals surface area contributed by atoms with E-state index >= 15 is 4.79 Å². The summed E-state index contributed by atoms with van der Waals surface area (Å²) < 4.78 is 15.2. The Hall–Kier alpha value is -4.36. The molecule has 1 aliphatic carbocycles. The van der Waals surface area contributed by atoms with Crippen molar-refractivity contribution in [1.82, 2.24) is 34.9 Å². The number of unbranched alkanes of at least 4 members (excludes halogenated alkanes) is 1. The van der Waals surface area contributed by atoms with Crippen molar-refractivity contribution in [3.8, 4) is 22.8 Å². The number of halogens is 2. The lowest BCUT2D eigenvalue weighted by Gasteiger charge is -2.57. The summed E-state index contributed by atoms with van der Waals surface area (Å²) >= 11 is 13.3. The third-order valence-corrected chi connectivity index (χ3v) is 18.6. The predicted molar refractivity (Wildman–Crippen MR) is 292 cm³/mol. The highest BCUT2D eigenvalue weighted by Gasteiger charge is 2.77. The summed E-state index contributed by atoms with van der Waals surface area (Å²) in [4.78, 5) is 30.1. The predicted octanol–water partition coefficient (Wildman–Crippen LogP) is 10.7. The highest BCUT2D eigenvalue weighted by atomic mass is 35.5. The number of methoxy groups -OCH3 is 1. The highest BCUT2D eigenvalue weighted by molar-refractivity contribution is 6.31. The molecule has 2 bridgehead atoms. The maximum absolute atomic E-state index is 17.5. The molecule has 0 amide bonds. The van der Waals surface area contributed by atoms with Crippen molar-refractivity contribution >= 4 is 35.1 Å². The summed E-state index contributed by atoms with van der Waals surface area (Å²) in [7, 11) is 8.46.